The highest BCUT2D eigenvalue weighted by Gasteiger charge is 2.43. The molecule has 2 unspecified atom stereocenters. The van der Waals surface area contributed by atoms with Gasteiger partial charge in [0.15, 0.2) is 8.32 Å². The van der Waals surface area contributed by atoms with Crippen LogP contribution in [0.5, 0.6) is 0 Å². The van der Waals surface area contributed by atoms with E-state index < -0.39 is 13.9 Å². The molecule has 0 heterocycles. The zero-order valence-electron chi connectivity index (χ0n) is 10.5. The van der Waals surface area contributed by atoms with Gasteiger partial charge in [0.25, 0.3) is 0 Å². The van der Waals surface area contributed by atoms with Gasteiger partial charge in [-0.1, -0.05) is 13.3 Å². The van der Waals surface area contributed by atoms with Crippen molar-refractivity contribution >= 4 is 8.32 Å². The van der Waals surface area contributed by atoms with Gasteiger partial charge in [-0.05, 0) is 45.3 Å². The van der Waals surface area contributed by atoms with E-state index in [-0.39, 0.29) is 0 Å². The summed E-state index contributed by atoms with van der Waals surface area (Å²) in [7, 11) is -1.62. The third-order valence-corrected chi connectivity index (χ3v) is 4.16. The third-order valence-electron chi connectivity index (χ3n) is 3.18. The molecule has 0 aromatic rings. The van der Waals surface area contributed by atoms with Crippen LogP contribution in [-0.4, -0.2) is 13.9 Å². The maximum atomic E-state index is 9.45. The molecule has 1 aliphatic rings. The minimum atomic E-state index is -1.62. The Balaban J connectivity index is 2.85. The Morgan fingerprint density at radius 2 is 2.07 bits per heavy atom. The van der Waals surface area contributed by atoms with Gasteiger partial charge in [-0.2, -0.15) is 5.26 Å². The van der Waals surface area contributed by atoms with Gasteiger partial charge in [0.05, 0.1) is 6.07 Å². The van der Waals surface area contributed by atoms with Crippen molar-refractivity contribution in [2.45, 2.75) is 64.3 Å². The Morgan fingerprint density at radius 3 is 2.53 bits per heavy atom. The summed E-state index contributed by atoms with van der Waals surface area (Å²) in [6, 6.07) is 2.49. The van der Waals surface area contributed by atoms with Crippen LogP contribution in [0.1, 0.15) is 39.0 Å². The molecule has 0 radical (unpaired) electrons. The van der Waals surface area contributed by atoms with E-state index in [4.69, 9.17) is 4.43 Å². The highest BCUT2D eigenvalue weighted by Crippen LogP contribution is 2.40. The van der Waals surface area contributed by atoms with Crippen LogP contribution in [0.2, 0.25) is 19.6 Å². The van der Waals surface area contributed by atoms with Crippen molar-refractivity contribution in [3.63, 3.8) is 0 Å². The fraction of sp³-hybridized carbons (Fsp3) is 0.917. The lowest BCUT2D eigenvalue weighted by Gasteiger charge is -2.42. The summed E-state index contributed by atoms with van der Waals surface area (Å²) < 4.78 is 6.20. The number of hydrogen-bond acceptors (Lipinski definition) is 2. The van der Waals surface area contributed by atoms with E-state index in [1.165, 1.54) is 6.42 Å². The van der Waals surface area contributed by atoms with Crippen LogP contribution in [0.15, 0.2) is 0 Å². The predicted molar refractivity (Wildman–Crippen MR) is 65.0 cm³/mol. The summed E-state index contributed by atoms with van der Waals surface area (Å²) in [5.74, 6) is 0.447. The van der Waals surface area contributed by atoms with Crippen LogP contribution in [0.3, 0.4) is 0 Å². The SMILES string of the molecule is CCC1CCCCC1(C#N)O[Si](C)(C)C. The summed E-state index contributed by atoms with van der Waals surface area (Å²) >= 11 is 0. The molecule has 1 aliphatic carbocycles. The Hall–Kier alpha value is -0.333. The van der Waals surface area contributed by atoms with Crippen molar-refractivity contribution in [2.24, 2.45) is 5.92 Å². The minimum Gasteiger partial charge on any atom is -0.400 e. The molecule has 0 aliphatic heterocycles. The van der Waals surface area contributed by atoms with E-state index in [9.17, 15) is 5.26 Å². The van der Waals surface area contributed by atoms with Gasteiger partial charge in [0.2, 0.25) is 0 Å². The second kappa shape index (κ2) is 4.67. The van der Waals surface area contributed by atoms with Crippen LogP contribution in [0.25, 0.3) is 0 Å². The van der Waals surface area contributed by atoms with E-state index in [0.717, 1.165) is 25.7 Å². The van der Waals surface area contributed by atoms with Crippen LogP contribution in [-0.2, 0) is 4.43 Å². The van der Waals surface area contributed by atoms with Crippen molar-refractivity contribution in [3.05, 3.63) is 0 Å². The van der Waals surface area contributed by atoms with E-state index in [1.54, 1.807) is 0 Å². The topological polar surface area (TPSA) is 33.0 Å². The zero-order valence-corrected chi connectivity index (χ0v) is 11.5. The molecule has 0 N–H and O–H groups in total. The molecular weight excluding hydrogens is 202 g/mol. The van der Waals surface area contributed by atoms with Gasteiger partial charge in [-0.15, -0.1) is 0 Å². The number of rotatable bonds is 3. The molecule has 2 nitrogen and oxygen atoms in total. The quantitative estimate of drug-likeness (QED) is 0.686. The summed E-state index contributed by atoms with van der Waals surface area (Å²) in [5.41, 5.74) is -0.461. The van der Waals surface area contributed by atoms with Crippen molar-refractivity contribution in [1.29, 1.82) is 5.26 Å². The van der Waals surface area contributed by atoms with Gasteiger partial charge in [-0.25, -0.2) is 0 Å². The van der Waals surface area contributed by atoms with Crippen molar-refractivity contribution in [2.75, 3.05) is 0 Å². The van der Waals surface area contributed by atoms with Gasteiger partial charge in [-0.3, -0.25) is 0 Å². The molecule has 0 spiro atoms. The average Bonchev–Trinajstić information content (AvgIpc) is 2.16. The highest BCUT2D eigenvalue weighted by atomic mass is 28.4. The molecule has 3 heteroatoms. The Morgan fingerprint density at radius 1 is 1.40 bits per heavy atom. The van der Waals surface area contributed by atoms with Crippen molar-refractivity contribution in [1.82, 2.24) is 0 Å². The number of hydrogen-bond donors (Lipinski definition) is 0. The molecule has 15 heavy (non-hydrogen) atoms. The smallest absolute Gasteiger partial charge is 0.185 e. The summed E-state index contributed by atoms with van der Waals surface area (Å²) in [5, 5.41) is 9.45. The minimum absolute atomic E-state index is 0.447. The second-order valence-electron chi connectivity index (χ2n) is 5.57. The Bertz CT molecular complexity index is 253. The molecule has 86 valence electrons. The van der Waals surface area contributed by atoms with Gasteiger partial charge in [0.1, 0.15) is 5.60 Å². The fourth-order valence-electron chi connectivity index (χ4n) is 2.60. The first-order valence-corrected chi connectivity index (χ1v) is 9.46. The summed E-state index contributed by atoms with van der Waals surface area (Å²) in [4.78, 5) is 0. The molecule has 0 amide bonds. The lowest BCUT2D eigenvalue weighted by molar-refractivity contribution is 0.0176. The van der Waals surface area contributed by atoms with E-state index in [2.05, 4.69) is 32.6 Å². The van der Waals surface area contributed by atoms with Crippen LogP contribution >= 0.6 is 0 Å². The van der Waals surface area contributed by atoms with E-state index in [0.29, 0.717) is 5.92 Å². The first kappa shape index (κ1) is 12.7. The standard InChI is InChI=1S/C12H23NOSi/c1-5-11-8-6-7-9-12(11,10-13)14-15(2,3)4/h11H,5-9H2,1-4H3. The lowest BCUT2D eigenvalue weighted by Crippen LogP contribution is -2.48. The second-order valence-corrected chi connectivity index (χ2v) is 10.00. The number of nitrogens with zero attached hydrogens (tertiary/aromatic N) is 1. The average molecular weight is 225 g/mol. The molecule has 1 saturated carbocycles. The van der Waals surface area contributed by atoms with Gasteiger partial charge >= 0.3 is 0 Å². The largest absolute Gasteiger partial charge is 0.400 e. The molecule has 1 fully saturated rings. The van der Waals surface area contributed by atoms with Crippen molar-refractivity contribution < 1.29 is 4.43 Å². The molecule has 0 aromatic carbocycles. The Labute approximate surface area is 94.8 Å². The van der Waals surface area contributed by atoms with Crippen LogP contribution in [0, 0.1) is 17.2 Å². The molecule has 0 aromatic heterocycles. The maximum absolute atomic E-state index is 9.45. The summed E-state index contributed by atoms with van der Waals surface area (Å²) in [6.07, 6.45) is 5.57. The predicted octanol–water partition coefficient (Wildman–Crippen LogP) is 3.70. The first-order chi connectivity index (χ1) is 6.93. The summed E-state index contributed by atoms with van der Waals surface area (Å²) in [6.45, 7) is 8.70. The van der Waals surface area contributed by atoms with Gasteiger partial charge < -0.3 is 4.43 Å². The molecule has 0 bridgehead atoms. The first-order valence-electron chi connectivity index (χ1n) is 6.05. The lowest BCUT2D eigenvalue weighted by atomic mass is 9.75. The molecule has 2 atom stereocenters. The highest BCUT2D eigenvalue weighted by molar-refractivity contribution is 6.69. The molecule has 0 saturated heterocycles. The van der Waals surface area contributed by atoms with Crippen molar-refractivity contribution in [3.8, 4) is 6.07 Å². The Kier molecular flexibility index (Phi) is 3.97. The molecular formula is C12H23NOSi. The number of nitriles is 1. The third kappa shape index (κ3) is 3.06. The van der Waals surface area contributed by atoms with E-state index in [1.807, 2.05) is 0 Å². The van der Waals surface area contributed by atoms with Gasteiger partial charge in [0, 0.05) is 5.92 Å². The molecule has 1 rings (SSSR count). The zero-order chi connectivity index (χ0) is 11.5. The monoisotopic (exact) mass is 225 g/mol. The van der Waals surface area contributed by atoms with E-state index >= 15 is 0 Å². The van der Waals surface area contributed by atoms with Crippen LogP contribution < -0.4 is 0 Å². The fourth-order valence-corrected chi connectivity index (χ4v) is 4.01. The van der Waals surface area contributed by atoms with Crippen LogP contribution in [0.4, 0.5) is 0 Å². The normalized spacial score (nSPS) is 32.3. The maximum Gasteiger partial charge on any atom is 0.185 e.